The van der Waals surface area contributed by atoms with E-state index in [1.165, 1.54) is 31.9 Å². The highest BCUT2D eigenvalue weighted by Gasteiger charge is 2.44. The molecule has 2 nitrogen and oxygen atoms in total. The van der Waals surface area contributed by atoms with E-state index in [-0.39, 0.29) is 11.4 Å². The molecule has 0 aromatic rings. The molecule has 0 saturated heterocycles. The second-order valence-electron chi connectivity index (χ2n) is 5.30. The van der Waals surface area contributed by atoms with Crippen molar-refractivity contribution in [3.8, 4) is 0 Å². The number of esters is 1. The number of unbranched alkanes of at least 4 members (excludes halogenated alkanes) is 1. The number of carbonyl (C=O) groups excluding carboxylic acids is 1. The maximum atomic E-state index is 11.9. The largest absolute Gasteiger partial charge is 0.469 e. The number of ether oxygens (including phenoxy) is 1. The second kappa shape index (κ2) is 5.07. The molecule has 2 aliphatic carbocycles. The van der Waals surface area contributed by atoms with Gasteiger partial charge in [0.15, 0.2) is 0 Å². The SMILES string of the molecule is CCCCC1=CCC2(C(=O)OC)CC=CC1C2. The molecule has 0 radical (unpaired) electrons. The Kier molecular flexibility index (Phi) is 3.70. The van der Waals surface area contributed by atoms with Gasteiger partial charge in [-0.05, 0) is 38.0 Å². The summed E-state index contributed by atoms with van der Waals surface area (Å²) in [4.78, 5) is 11.9. The minimum atomic E-state index is -0.260. The van der Waals surface area contributed by atoms with Crippen LogP contribution in [0.1, 0.15) is 45.4 Å². The van der Waals surface area contributed by atoms with E-state index < -0.39 is 0 Å². The number of carbonyl (C=O) groups is 1. The van der Waals surface area contributed by atoms with Crippen molar-refractivity contribution in [2.75, 3.05) is 7.11 Å². The summed E-state index contributed by atoms with van der Waals surface area (Å²) in [5.41, 5.74) is 1.27. The smallest absolute Gasteiger partial charge is 0.312 e. The quantitative estimate of drug-likeness (QED) is 0.548. The van der Waals surface area contributed by atoms with Crippen molar-refractivity contribution in [3.05, 3.63) is 23.8 Å². The lowest BCUT2D eigenvalue weighted by Gasteiger charge is -2.39. The van der Waals surface area contributed by atoms with Crippen molar-refractivity contribution in [3.63, 3.8) is 0 Å². The Hall–Kier alpha value is -1.05. The molecule has 0 N–H and O–H groups in total. The van der Waals surface area contributed by atoms with Gasteiger partial charge in [-0.1, -0.05) is 37.1 Å². The van der Waals surface area contributed by atoms with E-state index in [0.717, 1.165) is 19.3 Å². The Balaban J connectivity index is 2.15. The molecule has 2 bridgehead atoms. The van der Waals surface area contributed by atoms with Gasteiger partial charge in [-0.2, -0.15) is 0 Å². The predicted molar refractivity (Wildman–Crippen MR) is 68.5 cm³/mol. The number of hydrogen-bond donors (Lipinski definition) is 0. The summed E-state index contributed by atoms with van der Waals surface area (Å²) in [6, 6.07) is 0. The molecule has 2 atom stereocenters. The highest BCUT2D eigenvalue weighted by atomic mass is 16.5. The average Bonchev–Trinajstić information content (AvgIpc) is 2.37. The third-order valence-corrected chi connectivity index (χ3v) is 4.16. The van der Waals surface area contributed by atoms with Gasteiger partial charge in [-0.25, -0.2) is 0 Å². The van der Waals surface area contributed by atoms with E-state index in [9.17, 15) is 4.79 Å². The lowest BCUT2D eigenvalue weighted by atomic mass is 9.64. The van der Waals surface area contributed by atoms with Crippen LogP contribution in [0.2, 0.25) is 0 Å². The summed E-state index contributed by atoms with van der Waals surface area (Å²) in [5, 5.41) is 0. The fourth-order valence-electron chi connectivity index (χ4n) is 3.06. The normalized spacial score (nSPS) is 30.9. The van der Waals surface area contributed by atoms with E-state index in [1.807, 2.05) is 0 Å². The molecule has 2 aliphatic rings. The van der Waals surface area contributed by atoms with Crippen molar-refractivity contribution < 1.29 is 9.53 Å². The molecular formula is C15H22O2. The Morgan fingerprint density at radius 3 is 3.06 bits per heavy atom. The molecule has 0 spiro atoms. The molecule has 0 aromatic carbocycles. The molecule has 2 rings (SSSR count). The van der Waals surface area contributed by atoms with Gasteiger partial charge in [0.05, 0.1) is 12.5 Å². The maximum absolute atomic E-state index is 11.9. The van der Waals surface area contributed by atoms with Crippen molar-refractivity contribution in [2.45, 2.75) is 45.4 Å². The fourth-order valence-corrected chi connectivity index (χ4v) is 3.06. The summed E-state index contributed by atoms with van der Waals surface area (Å²) in [5.74, 6) is 0.445. The van der Waals surface area contributed by atoms with Crippen LogP contribution < -0.4 is 0 Å². The van der Waals surface area contributed by atoms with Crippen molar-refractivity contribution in [1.29, 1.82) is 0 Å². The van der Waals surface area contributed by atoms with Gasteiger partial charge in [0.25, 0.3) is 0 Å². The summed E-state index contributed by atoms with van der Waals surface area (Å²) in [6.07, 6.45) is 13.1. The molecule has 0 amide bonds. The minimum absolute atomic E-state index is 0.0300. The first kappa shape index (κ1) is 12.4. The van der Waals surface area contributed by atoms with Crippen LogP contribution >= 0.6 is 0 Å². The molecule has 17 heavy (non-hydrogen) atoms. The zero-order chi connectivity index (χ0) is 12.3. The number of allylic oxidation sites excluding steroid dienone is 4. The third kappa shape index (κ3) is 2.31. The lowest BCUT2D eigenvalue weighted by molar-refractivity contribution is -0.154. The highest BCUT2D eigenvalue weighted by molar-refractivity contribution is 5.78. The van der Waals surface area contributed by atoms with Gasteiger partial charge in [-0.15, -0.1) is 0 Å². The molecule has 94 valence electrons. The predicted octanol–water partition coefficient (Wildman–Crippen LogP) is 3.63. The van der Waals surface area contributed by atoms with Crippen LogP contribution in [0, 0.1) is 11.3 Å². The van der Waals surface area contributed by atoms with Gasteiger partial charge in [0.1, 0.15) is 0 Å². The van der Waals surface area contributed by atoms with Gasteiger partial charge >= 0.3 is 5.97 Å². The van der Waals surface area contributed by atoms with Crippen LogP contribution in [0.5, 0.6) is 0 Å². The number of methoxy groups -OCH3 is 1. The number of hydrogen-bond acceptors (Lipinski definition) is 2. The molecule has 2 heteroatoms. The zero-order valence-corrected chi connectivity index (χ0v) is 10.9. The van der Waals surface area contributed by atoms with Crippen molar-refractivity contribution >= 4 is 5.97 Å². The third-order valence-electron chi connectivity index (χ3n) is 4.16. The van der Waals surface area contributed by atoms with E-state index in [0.29, 0.717) is 5.92 Å². The maximum Gasteiger partial charge on any atom is 0.312 e. The van der Waals surface area contributed by atoms with Crippen molar-refractivity contribution in [1.82, 2.24) is 0 Å². The van der Waals surface area contributed by atoms with Crippen LogP contribution in [0.3, 0.4) is 0 Å². The van der Waals surface area contributed by atoms with Crippen LogP contribution in [-0.2, 0) is 9.53 Å². The zero-order valence-electron chi connectivity index (χ0n) is 10.9. The standard InChI is InChI=1S/C15H22O2/c1-3-4-6-12-8-10-15(14(16)17-2)9-5-7-13(12)11-15/h5,7-8,13H,3-4,6,9-11H2,1-2H3. The summed E-state index contributed by atoms with van der Waals surface area (Å²) >= 11 is 0. The van der Waals surface area contributed by atoms with E-state index in [4.69, 9.17) is 4.74 Å². The summed E-state index contributed by atoms with van der Waals surface area (Å²) < 4.78 is 4.98. The summed E-state index contributed by atoms with van der Waals surface area (Å²) in [6.45, 7) is 2.22. The first-order valence-electron chi connectivity index (χ1n) is 6.66. The van der Waals surface area contributed by atoms with E-state index in [1.54, 1.807) is 0 Å². The van der Waals surface area contributed by atoms with Crippen LogP contribution in [0.25, 0.3) is 0 Å². The van der Waals surface area contributed by atoms with Gasteiger partial charge in [-0.3, -0.25) is 4.79 Å². The highest BCUT2D eigenvalue weighted by Crippen LogP contribution is 2.47. The minimum Gasteiger partial charge on any atom is -0.469 e. The monoisotopic (exact) mass is 234 g/mol. The first-order chi connectivity index (χ1) is 8.22. The second-order valence-corrected chi connectivity index (χ2v) is 5.30. The fraction of sp³-hybridized carbons (Fsp3) is 0.667. The Labute approximate surface area is 104 Å². The number of fused-ring (bicyclic) bond motifs is 2. The topological polar surface area (TPSA) is 26.3 Å². The van der Waals surface area contributed by atoms with Crippen LogP contribution in [0.15, 0.2) is 23.8 Å². The molecule has 0 aromatic heterocycles. The average molecular weight is 234 g/mol. The van der Waals surface area contributed by atoms with E-state index >= 15 is 0 Å². The molecule has 0 aliphatic heterocycles. The van der Waals surface area contributed by atoms with Gasteiger partial charge in [0, 0.05) is 0 Å². The lowest BCUT2D eigenvalue weighted by Crippen LogP contribution is -2.38. The number of rotatable bonds is 4. The molecular weight excluding hydrogens is 212 g/mol. The van der Waals surface area contributed by atoms with Gasteiger partial charge in [0.2, 0.25) is 0 Å². The molecule has 0 heterocycles. The van der Waals surface area contributed by atoms with Gasteiger partial charge < -0.3 is 4.74 Å². The van der Waals surface area contributed by atoms with E-state index in [2.05, 4.69) is 25.2 Å². The summed E-state index contributed by atoms with van der Waals surface area (Å²) in [7, 11) is 1.50. The molecule has 0 saturated carbocycles. The van der Waals surface area contributed by atoms with Crippen LogP contribution in [0.4, 0.5) is 0 Å². The van der Waals surface area contributed by atoms with Crippen molar-refractivity contribution in [2.24, 2.45) is 11.3 Å². The van der Waals surface area contributed by atoms with Crippen LogP contribution in [-0.4, -0.2) is 13.1 Å². The Morgan fingerprint density at radius 2 is 2.35 bits per heavy atom. The first-order valence-corrected chi connectivity index (χ1v) is 6.66. The Morgan fingerprint density at radius 1 is 1.53 bits per heavy atom. The molecule has 0 fully saturated rings. The Bertz CT molecular complexity index is 354. The molecule has 2 unspecified atom stereocenters.